The summed E-state index contributed by atoms with van der Waals surface area (Å²) < 4.78 is 4.30. The lowest BCUT2D eigenvalue weighted by molar-refractivity contribution is 1.03. The molecule has 1 heterocycles. The summed E-state index contributed by atoms with van der Waals surface area (Å²) in [4.78, 5) is 4.37. The molecule has 0 unspecified atom stereocenters. The van der Waals surface area contributed by atoms with Gasteiger partial charge in [0.1, 0.15) is 5.82 Å². The molecule has 3 nitrogen and oxygen atoms in total. The van der Waals surface area contributed by atoms with Crippen LogP contribution in [0.3, 0.4) is 0 Å². The molecule has 0 aliphatic rings. The topological polar surface area (TPSA) is 37.8 Å². The van der Waals surface area contributed by atoms with Crippen LogP contribution in [-0.2, 0) is 6.42 Å². The Balaban J connectivity index is 2.17. The summed E-state index contributed by atoms with van der Waals surface area (Å²) in [5.41, 5.74) is 3.91. The Bertz CT molecular complexity index is 491. The Kier molecular flexibility index (Phi) is 3.19. The molecule has 0 amide bonds. The molecular weight excluding hydrogens is 218 g/mol. The minimum Gasteiger partial charge on any atom is -0.363 e. The zero-order chi connectivity index (χ0) is 11.5. The van der Waals surface area contributed by atoms with E-state index in [9.17, 15) is 0 Å². The molecule has 0 spiro atoms. The average molecular weight is 233 g/mol. The number of rotatable bonds is 3. The molecular formula is C12H15N3S. The quantitative estimate of drug-likeness (QED) is 0.885. The highest BCUT2D eigenvalue weighted by Gasteiger charge is 2.04. The third-order valence-corrected chi connectivity index (χ3v) is 3.39. The van der Waals surface area contributed by atoms with Gasteiger partial charge in [-0.2, -0.15) is 4.37 Å². The Morgan fingerprint density at radius 1 is 1.25 bits per heavy atom. The fourth-order valence-corrected chi connectivity index (χ4v) is 2.06. The molecule has 0 radical (unpaired) electrons. The minimum atomic E-state index is 0.805. The summed E-state index contributed by atoms with van der Waals surface area (Å²) in [5, 5.41) is 3.87. The van der Waals surface area contributed by atoms with Crippen LogP contribution in [0.15, 0.2) is 18.2 Å². The zero-order valence-corrected chi connectivity index (χ0v) is 10.6. The van der Waals surface area contributed by atoms with Gasteiger partial charge in [0.25, 0.3) is 0 Å². The number of nitrogens with one attached hydrogen (secondary N) is 1. The van der Waals surface area contributed by atoms with Crippen LogP contribution in [0, 0.1) is 13.8 Å². The molecule has 0 bridgehead atoms. The number of aryl methyl sites for hydroxylation is 2. The van der Waals surface area contributed by atoms with E-state index < -0.39 is 0 Å². The van der Waals surface area contributed by atoms with E-state index in [1.807, 2.05) is 7.05 Å². The molecule has 1 N–H and O–H groups in total. The van der Waals surface area contributed by atoms with E-state index in [1.165, 1.54) is 28.2 Å². The highest BCUT2D eigenvalue weighted by molar-refractivity contribution is 7.09. The van der Waals surface area contributed by atoms with Gasteiger partial charge in [0.15, 0.2) is 0 Å². The maximum Gasteiger partial charge on any atom is 0.202 e. The number of aromatic nitrogens is 2. The van der Waals surface area contributed by atoms with Crippen LogP contribution in [0.2, 0.25) is 0 Å². The molecule has 0 aliphatic carbocycles. The summed E-state index contributed by atoms with van der Waals surface area (Å²) in [6, 6.07) is 6.49. The van der Waals surface area contributed by atoms with Crippen molar-refractivity contribution in [3.8, 4) is 0 Å². The van der Waals surface area contributed by atoms with Crippen molar-refractivity contribution >= 4 is 16.7 Å². The van der Waals surface area contributed by atoms with Gasteiger partial charge in [-0.05, 0) is 30.5 Å². The van der Waals surface area contributed by atoms with Crippen LogP contribution in [0.5, 0.6) is 0 Å². The number of benzene rings is 1. The molecule has 84 valence electrons. The zero-order valence-electron chi connectivity index (χ0n) is 9.74. The maximum absolute atomic E-state index is 4.37. The Morgan fingerprint density at radius 3 is 2.69 bits per heavy atom. The van der Waals surface area contributed by atoms with Crippen LogP contribution in [-0.4, -0.2) is 16.4 Å². The lowest BCUT2D eigenvalue weighted by atomic mass is 10.0. The molecule has 2 rings (SSSR count). The molecule has 0 aliphatic heterocycles. The second-order valence-electron chi connectivity index (χ2n) is 3.86. The first-order valence-electron chi connectivity index (χ1n) is 5.25. The second-order valence-corrected chi connectivity index (χ2v) is 4.61. The van der Waals surface area contributed by atoms with Crippen molar-refractivity contribution in [2.45, 2.75) is 20.3 Å². The van der Waals surface area contributed by atoms with Gasteiger partial charge in [0, 0.05) is 25.0 Å². The average Bonchev–Trinajstić information content (AvgIpc) is 2.71. The van der Waals surface area contributed by atoms with Crippen LogP contribution in [0.1, 0.15) is 22.5 Å². The highest BCUT2D eigenvalue weighted by Crippen LogP contribution is 2.15. The van der Waals surface area contributed by atoms with E-state index in [1.54, 1.807) is 0 Å². The van der Waals surface area contributed by atoms with E-state index >= 15 is 0 Å². The fraction of sp³-hybridized carbons (Fsp3) is 0.333. The molecule has 0 atom stereocenters. The van der Waals surface area contributed by atoms with Gasteiger partial charge in [-0.15, -0.1) is 0 Å². The van der Waals surface area contributed by atoms with E-state index in [2.05, 4.69) is 46.7 Å². The molecule has 1 aromatic carbocycles. The van der Waals surface area contributed by atoms with Crippen molar-refractivity contribution in [1.82, 2.24) is 9.36 Å². The van der Waals surface area contributed by atoms with E-state index in [-0.39, 0.29) is 0 Å². The molecule has 1 aromatic heterocycles. The molecule has 2 aromatic rings. The molecule has 0 saturated heterocycles. The predicted octanol–water partition coefficient (Wildman–Crippen LogP) is 2.79. The summed E-state index contributed by atoms with van der Waals surface area (Å²) in [5.74, 6) is 0.887. The first kappa shape index (κ1) is 11.1. The van der Waals surface area contributed by atoms with Crippen molar-refractivity contribution in [3.63, 3.8) is 0 Å². The Hall–Kier alpha value is -1.42. The van der Waals surface area contributed by atoms with Gasteiger partial charge < -0.3 is 5.32 Å². The first-order chi connectivity index (χ1) is 7.69. The fourth-order valence-electron chi connectivity index (χ4n) is 1.52. The van der Waals surface area contributed by atoms with Crippen LogP contribution in [0.25, 0.3) is 0 Å². The number of anilines is 1. The van der Waals surface area contributed by atoms with Gasteiger partial charge in [0.05, 0.1) is 0 Å². The lowest BCUT2D eigenvalue weighted by Gasteiger charge is -2.02. The molecule has 4 heteroatoms. The first-order valence-corrected chi connectivity index (χ1v) is 6.03. The molecule has 16 heavy (non-hydrogen) atoms. The molecule has 0 fully saturated rings. The van der Waals surface area contributed by atoms with Crippen molar-refractivity contribution in [2.75, 3.05) is 12.4 Å². The maximum atomic E-state index is 4.37. The normalized spacial score (nSPS) is 10.4. The van der Waals surface area contributed by atoms with E-state index in [4.69, 9.17) is 0 Å². The SMILES string of the molecule is CNc1nc(Cc2ccc(C)c(C)c2)ns1. The standard InChI is InChI=1S/C12H15N3S/c1-8-4-5-10(6-9(8)2)7-11-14-12(13-3)16-15-11/h4-6H,7H2,1-3H3,(H,13,14,15). The van der Waals surface area contributed by atoms with E-state index in [0.717, 1.165) is 17.4 Å². The lowest BCUT2D eigenvalue weighted by Crippen LogP contribution is -1.93. The highest BCUT2D eigenvalue weighted by atomic mass is 32.1. The predicted molar refractivity (Wildman–Crippen MR) is 68.2 cm³/mol. The Morgan fingerprint density at radius 2 is 2.06 bits per heavy atom. The van der Waals surface area contributed by atoms with Gasteiger partial charge >= 0.3 is 0 Å². The summed E-state index contributed by atoms with van der Waals surface area (Å²) in [6.07, 6.45) is 0.805. The third kappa shape index (κ3) is 2.39. The van der Waals surface area contributed by atoms with Gasteiger partial charge in [-0.3, -0.25) is 0 Å². The minimum absolute atomic E-state index is 0.805. The largest absolute Gasteiger partial charge is 0.363 e. The van der Waals surface area contributed by atoms with Gasteiger partial charge in [0.2, 0.25) is 5.13 Å². The van der Waals surface area contributed by atoms with Crippen LogP contribution in [0.4, 0.5) is 5.13 Å². The third-order valence-electron chi connectivity index (χ3n) is 2.62. The number of nitrogens with zero attached hydrogens (tertiary/aromatic N) is 2. The summed E-state index contributed by atoms with van der Waals surface area (Å²) in [6.45, 7) is 4.26. The summed E-state index contributed by atoms with van der Waals surface area (Å²) in [7, 11) is 1.86. The van der Waals surface area contributed by atoms with Crippen molar-refractivity contribution in [2.24, 2.45) is 0 Å². The van der Waals surface area contributed by atoms with Crippen molar-refractivity contribution in [1.29, 1.82) is 0 Å². The smallest absolute Gasteiger partial charge is 0.202 e. The van der Waals surface area contributed by atoms with Crippen molar-refractivity contribution < 1.29 is 0 Å². The van der Waals surface area contributed by atoms with Crippen LogP contribution >= 0.6 is 11.5 Å². The molecule has 0 saturated carbocycles. The monoisotopic (exact) mass is 233 g/mol. The van der Waals surface area contributed by atoms with Crippen molar-refractivity contribution in [3.05, 3.63) is 40.7 Å². The van der Waals surface area contributed by atoms with E-state index in [0.29, 0.717) is 0 Å². The van der Waals surface area contributed by atoms with Gasteiger partial charge in [-0.1, -0.05) is 18.2 Å². The number of hydrogen-bond acceptors (Lipinski definition) is 4. The Labute approximate surface area is 99.7 Å². The summed E-state index contributed by atoms with van der Waals surface area (Å²) >= 11 is 1.40. The van der Waals surface area contributed by atoms with Gasteiger partial charge in [-0.25, -0.2) is 4.98 Å². The van der Waals surface area contributed by atoms with Crippen LogP contribution < -0.4 is 5.32 Å². The number of hydrogen-bond donors (Lipinski definition) is 1. The second kappa shape index (κ2) is 4.61.